The first-order valence-electron chi connectivity index (χ1n) is 8.52. The van der Waals surface area contributed by atoms with E-state index in [1.54, 1.807) is 12.7 Å². The predicted octanol–water partition coefficient (Wildman–Crippen LogP) is 1.10. The van der Waals surface area contributed by atoms with Gasteiger partial charge in [-0.2, -0.15) is 5.10 Å². The number of ether oxygens (including phenoxy) is 1. The SMILES string of the molecule is CC1(C)CC(CN2CCN(CCn3cncn3)CC2)CCO1. The number of piperazine rings is 1. The zero-order valence-electron chi connectivity index (χ0n) is 13.9. The molecule has 1 aromatic heterocycles. The molecule has 0 aliphatic carbocycles. The molecule has 2 aliphatic rings. The van der Waals surface area contributed by atoms with Crippen molar-refractivity contribution in [1.29, 1.82) is 0 Å². The molecule has 22 heavy (non-hydrogen) atoms. The second-order valence-corrected chi connectivity index (χ2v) is 7.27. The lowest BCUT2D eigenvalue weighted by Gasteiger charge is -2.40. The monoisotopic (exact) mass is 307 g/mol. The summed E-state index contributed by atoms with van der Waals surface area (Å²) in [6, 6.07) is 0. The quantitative estimate of drug-likeness (QED) is 0.815. The van der Waals surface area contributed by atoms with Crippen LogP contribution in [0.2, 0.25) is 0 Å². The average molecular weight is 307 g/mol. The summed E-state index contributed by atoms with van der Waals surface area (Å²) in [7, 11) is 0. The number of nitrogens with zero attached hydrogens (tertiary/aromatic N) is 5. The highest BCUT2D eigenvalue weighted by Crippen LogP contribution is 2.29. The minimum Gasteiger partial charge on any atom is -0.376 e. The van der Waals surface area contributed by atoms with Crippen LogP contribution >= 0.6 is 0 Å². The largest absolute Gasteiger partial charge is 0.376 e. The molecule has 6 heteroatoms. The van der Waals surface area contributed by atoms with Crippen LogP contribution in [0.15, 0.2) is 12.7 Å². The van der Waals surface area contributed by atoms with E-state index in [0.29, 0.717) is 0 Å². The number of hydrogen-bond acceptors (Lipinski definition) is 5. The summed E-state index contributed by atoms with van der Waals surface area (Å²) in [5, 5.41) is 4.16. The Hall–Kier alpha value is -0.980. The van der Waals surface area contributed by atoms with E-state index >= 15 is 0 Å². The van der Waals surface area contributed by atoms with Crippen LogP contribution in [0.1, 0.15) is 26.7 Å². The Bertz CT molecular complexity index is 439. The van der Waals surface area contributed by atoms with Crippen LogP contribution < -0.4 is 0 Å². The molecule has 2 aliphatic heterocycles. The minimum atomic E-state index is 0.0720. The fraction of sp³-hybridized carbons (Fsp3) is 0.875. The van der Waals surface area contributed by atoms with Crippen molar-refractivity contribution in [1.82, 2.24) is 24.6 Å². The fourth-order valence-corrected chi connectivity index (χ4v) is 3.67. The topological polar surface area (TPSA) is 46.4 Å². The fourth-order valence-electron chi connectivity index (χ4n) is 3.67. The highest BCUT2D eigenvalue weighted by Gasteiger charge is 2.30. The molecular weight excluding hydrogens is 278 g/mol. The summed E-state index contributed by atoms with van der Waals surface area (Å²) in [4.78, 5) is 9.16. The van der Waals surface area contributed by atoms with Crippen molar-refractivity contribution in [2.45, 2.75) is 38.8 Å². The molecule has 0 N–H and O–H groups in total. The van der Waals surface area contributed by atoms with Crippen molar-refractivity contribution in [2.24, 2.45) is 5.92 Å². The minimum absolute atomic E-state index is 0.0720. The molecule has 3 rings (SSSR count). The average Bonchev–Trinajstić information content (AvgIpc) is 2.99. The van der Waals surface area contributed by atoms with Gasteiger partial charge in [0.05, 0.1) is 12.1 Å². The van der Waals surface area contributed by atoms with Gasteiger partial charge in [-0.25, -0.2) is 4.98 Å². The second-order valence-electron chi connectivity index (χ2n) is 7.27. The molecule has 2 saturated heterocycles. The van der Waals surface area contributed by atoms with Crippen molar-refractivity contribution in [3.05, 3.63) is 12.7 Å². The van der Waals surface area contributed by atoms with Crippen LogP contribution in [-0.4, -0.2) is 76.0 Å². The first kappa shape index (κ1) is 15.9. The van der Waals surface area contributed by atoms with E-state index < -0.39 is 0 Å². The van der Waals surface area contributed by atoms with Gasteiger partial charge >= 0.3 is 0 Å². The van der Waals surface area contributed by atoms with Crippen molar-refractivity contribution in [3.8, 4) is 0 Å². The lowest BCUT2D eigenvalue weighted by atomic mass is 9.88. The lowest BCUT2D eigenvalue weighted by molar-refractivity contribution is -0.0781. The molecule has 1 aromatic rings. The van der Waals surface area contributed by atoms with E-state index in [1.165, 1.54) is 45.6 Å². The normalized spacial score (nSPS) is 27.1. The van der Waals surface area contributed by atoms with Gasteiger partial charge in [0.2, 0.25) is 0 Å². The molecule has 124 valence electrons. The zero-order valence-corrected chi connectivity index (χ0v) is 13.9. The Balaban J connectivity index is 1.36. The van der Waals surface area contributed by atoms with Crippen LogP contribution in [0.4, 0.5) is 0 Å². The van der Waals surface area contributed by atoms with Gasteiger partial charge in [-0.05, 0) is 32.6 Å². The maximum Gasteiger partial charge on any atom is 0.137 e. The third-order valence-electron chi connectivity index (χ3n) is 4.89. The van der Waals surface area contributed by atoms with E-state index in [0.717, 1.165) is 25.6 Å². The van der Waals surface area contributed by atoms with Crippen LogP contribution in [0.3, 0.4) is 0 Å². The number of rotatable bonds is 5. The van der Waals surface area contributed by atoms with E-state index in [2.05, 4.69) is 33.7 Å². The molecule has 2 fully saturated rings. The van der Waals surface area contributed by atoms with Gasteiger partial charge in [0.15, 0.2) is 0 Å². The van der Waals surface area contributed by atoms with Crippen molar-refractivity contribution in [2.75, 3.05) is 45.9 Å². The van der Waals surface area contributed by atoms with E-state index in [1.807, 2.05) is 4.68 Å². The summed E-state index contributed by atoms with van der Waals surface area (Å²) in [6.45, 7) is 13.3. The molecule has 1 unspecified atom stereocenters. The maximum atomic E-state index is 5.83. The standard InChI is InChI=1S/C16H29N5O/c1-16(2)11-15(3-10-22-16)12-20-6-4-19(5-7-20)8-9-21-14-17-13-18-21/h13-15H,3-12H2,1-2H3. The zero-order chi connectivity index (χ0) is 15.4. The lowest BCUT2D eigenvalue weighted by Crippen LogP contribution is -2.49. The van der Waals surface area contributed by atoms with Crippen molar-refractivity contribution >= 4 is 0 Å². The molecule has 0 spiro atoms. The van der Waals surface area contributed by atoms with Crippen LogP contribution in [-0.2, 0) is 11.3 Å². The van der Waals surface area contributed by atoms with E-state index in [9.17, 15) is 0 Å². The molecule has 3 heterocycles. The molecule has 0 aromatic carbocycles. The molecule has 0 saturated carbocycles. The summed E-state index contributed by atoms with van der Waals surface area (Å²) >= 11 is 0. The summed E-state index contributed by atoms with van der Waals surface area (Å²) in [6.07, 6.45) is 5.81. The van der Waals surface area contributed by atoms with Gasteiger partial charge in [0.25, 0.3) is 0 Å². The number of aromatic nitrogens is 3. The van der Waals surface area contributed by atoms with Crippen molar-refractivity contribution < 1.29 is 4.74 Å². The molecule has 6 nitrogen and oxygen atoms in total. The van der Waals surface area contributed by atoms with E-state index in [-0.39, 0.29) is 5.60 Å². The van der Waals surface area contributed by atoms with Crippen molar-refractivity contribution in [3.63, 3.8) is 0 Å². The Morgan fingerprint density at radius 1 is 1.14 bits per heavy atom. The van der Waals surface area contributed by atoms with Crippen LogP contribution in [0, 0.1) is 5.92 Å². The third-order valence-corrected chi connectivity index (χ3v) is 4.89. The highest BCUT2D eigenvalue weighted by atomic mass is 16.5. The molecule has 0 amide bonds. The van der Waals surface area contributed by atoms with Gasteiger partial charge < -0.3 is 9.64 Å². The molecule has 1 atom stereocenters. The molecule has 0 bridgehead atoms. The first-order valence-corrected chi connectivity index (χ1v) is 8.52. The van der Waals surface area contributed by atoms with E-state index in [4.69, 9.17) is 4.74 Å². The molecular formula is C16H29N5O. The third kappa shape index (κ3) is 4.51. The van der Waals surface area contributed by atoms with Crippen LogP contribution in [0.25, 0.3) is 0 Å². The van der Waals surface area contributed by atoms with Gasteiger partial charge in [0.1, 0.15) is 12.7 Å². The Morgan fingerprint density at radius 2 is 1.91 bits per heavy atom. The van der Waals surface area contributed by atoms with Gasteiger partial charge in [-0.3, -0.25) is 9.58 Å². The van der Waals surface area contributed by atoms with Crippen LogP contribution in [0.5, 0.6) is 0 Å². The summed E-state index contributed by atoms with van der Waals surface area (Å²) in [5.74, 6) is 0.797. The summed E-state index contributed by atoms with van der Waals surface area (Å²) < 4.78 is 7.74. The Labute approximate surface area is 133 Å². The maximum absolute atomic E-state index is 5.83. The Morgan fingerprint density at radius 3 is 2.59 bits per heavy atom. The first-order chi connectivity index (χ1) is 10.6. The smallest absolute Gasteiger partial charge is 0.137 e. The Kier molecular flexibility index (Phi) is 5.10. The predicted molar refractivity (Wildman–Crippen MR) is 85.7 cm³/mol. The molecule has 0 radical (unpaired) electrons. The van der Waals surface area contributed by atoms with Gasteiger partial charge in [-0.1, -0.05) is 0 Å². The summed E-state index contributed by atoms with van der Waals surface area (Å²) in [5.41, 5.74) is 0.0720. The highest BCUT2D eigenvalue weighted by molar-refractivity contribution is 4.82. The number of hydrogen-bond donors (Lipinski definition) is 0. The van der Waals surface area contributed by atoms with Gasteiger partial charge in [0, 0.05) is 45.9 Å². The van der Waals surface area contributed by atoms with Gasteiger partial charge in [-0.15, -0.1) is 0 Å². The second kappa shape index (κ2) is 7.06.